The lowest BCUT2D eigenvalue weighted by atomic mass is 10.2. The van der Waals surface area contributed by atoms with Gasteiger partial charge in [0.2, 0.25) is 0 Å². The quantitative estimate of drug-likeness (QED) is 0.643. The van der Waals surface area contributed by atoms with E-state index in [9.17, 15) is 10.1 Å². The van der Waals surface area contributed by atoms with Crippen LogP contribution >= 0.6 is 11.6 Å². The summed E-state index contributed by atoms with van der Waals surface area (Å²) in [6.45, 7) is 4.47. The predicted molar refractivity (Wildman–Crippen MR) is 98.0 cm³/mol. The Morgan fingerprint density at radius 3 is 2.58 bits per heavy atom. The molecule has 0 aliphatic carbocycles. The third-order valence-electron chi connectivity index (χ3n) is 3.51. The largest absolute Gasteiger partial charge is 0.347 e. The number of amides is 1. The van der Waals surface area contributed by atoms with Crippen LogP contribution in [0.25, 0.3) is 0 Å². The second kappa shape index (κ2) is 8.19. The van der Waals surface area contributed by atoms with Crippen molar-refractivity contribution in [3.05, 3.63) is 70.9 Å². The molecule has 122 valence electrons. The Morgan fingerprint density at radius 2 is 2.00 bits per heavy atom. The SMILES string of the molecule is CCN(/C=C(/C#N)C(=O)Nc1ccc(C)c(Cl)c1)c1ccccc1. The van der Waals surface area contributed by atoms with Crippen LogP contribution in [0, 0.1) is 18.3 Å². The third-order valence-corrected chi connectivity index (χ3v) is 3.92. The van der Waals surface area contributed by atoms with Gasteiger partial charge in [-0.05, 0) is 43.7 Å². The number of halogens is 1. The summed E-state index contributed by atoms with van der Waals surface area (Å²) in [7, 11) is 0. The average Bonchev–Trinajstić information content (AvgIpc) is 2.60. The molecule has 2 aromatic carbocycles. The number of carbonyl (C=O) groups excluding carboxylic acids is 1. The lowest BCUT2D eigenvalue weighted by molar-refractivity contribution is -0.112. The van der Waals surface area contributed by atoms with E-state index in [2.05, 4.69) is 5.32 Å². The Balaban J connectivity index is 2.21. The van der Waals surface area contributed by atoms with Crippen molar-refractivity contribution in [2.75, 3.05) is 16.8 Å². The Hall–Kier alpha value is -2.77. The minimum absolute atomic E-state index is 0.0254. The molecule has 2 rings (SSSR count). The van der Waals surface area contributed by atoms with Crippen molar-refractivity contribution in [2.24, 2.45) is 0 Å². The molecule has 0 aliphatic rings. The maximum absolute atomic E-state index is 12.4. The molecule has 0 saturated carbocycles. The smallest absolute Gasteiger partial charge is 0.267 e. The normalized spacial score (nSPS) is 10.8. The second-order valence-corrected chi connectivity index (χ2v) is 5.60. The fourth-order valence-electron chi connectivity index (χ4n) is 2.13. The van der Waals surface area contributed by atoms with Crippen molar-refractivity contribution in [3.8, 4) is 6.07 Å². The van der Waals surface area contributed by atoms with Crippen molar-refractivity contribution < 1.29 is 4.79 Å². The molecule has 0 saturated heterocycles. The van der Waals surface area contributed by atoms with Gasteiger partial charge >= 0.3 is 0 Å². The molecule has 24 heavy (non-hydrogen) atoms. The first-order chi connectivity index (χ1) is 11.5. The molecule has 5 heteroatoms. The number of nitrogens with one attached hydrogen (secondary N) is 1. The molecule has 0 bridgehead atoms. The van der Waals surface area contributed by atoms with Gasteiger partial charge in [0.05, 0.1) is 0 Å². The number of para-hydroxylation sites is 1. The zero-order chi connectivity index (χ0) is 17.5. The predicted octanol–water partition coefficient (Wildman–Crippen LogP) is 4.52. The molecule has 0 fully saturated rings. The summed E-state index contributed by atoms with van der Waals surface area (Å²) in [6.07, 6.45) is 1.56. The third kappa shape index (κ3) is 4.37. The standard InChI is InChI=1S/C19H18ClN3O/c1-3-23(17-7-5-4-6-8-17)13-15(12-21)19(24)22-16-10-9-14(2)18(20)11-16/h4-11,13H,3H2,1-2H3,(H,22,24)/b15-13-. The van der Waals surface area contributed by atoms with Crippen molar-refractivity contribution in [3.63, 3.8) is 0 Å². The number of aryl methyl sites for hydroxylation is 1. The number of nitriles is 1. The van der Waals surface area contributed by atoms with E-state index in [1.807, 2.05) is 61.2 Å². The Labute approximate surface area is 147 Å². The van der Waals surface area contributed by atoms with Gasteiger partial charge in [-0.1, -0.05) is 35.9 Å². The van der Waals surface area contributed by atoms with Crippen molar-refractivity contribution >= 4 is 28.9 Å². The van der Waals surface area contributed by atoms with E-state index in [1.165, 1.54) is 0 Å². The van der Waals surface area contributed by atoms with Gasteiger partial charge in [0.15, 0.2) is 0 Å². The number of carbonyl (C=O) groups is 1. The van der Waals surface area contributed by atoms with E-state index < -0.39 is 5.91 Å². The summed E-state index contributed by atoms with van der Waals surface area (Å²) in [6, 6.07) is 16.8. The fourth-order valence-corrected chi connectivity index (χ4v) is 2.31. The molecular weight excluding hydrogens is 322 g/mol. The van der Waals surface area contributed by atoms with Crippen LogP contribution in [0.2, 0.25) is 5.02 Å². The van der Waals surface area contributed by atoms with Crippen LogP contribution in [-0.4, -0.2) is 12.5 Å². The molecule has 0 spiro atoms. The Morgan fingerprint density at radius 1 is 1.29 bits per heavy atom. The molecule has 0 aromatic heterocycles. The summed E-state index contributed by atoms with van der Waals surface area (Å²) < 4.78 is 0. The van der Waals surface area contributed by atoms with Crippen LogP contribution in [0.5, 0.6) is 0 Å². The average molecular weight is 340 g/mol. The number of hydrogen-bond acceptors (Lipinski definition) is 3. The number of benzene rings is 2. The van der Waals surface area contributed by atoms with Gasteiger partial charge in [0.25, 0.3) is 5.91 Å². The van der Waals surface area contributed by atoms with E-state index >= 15 is 0 Å². The second-order valence-electron chi connectivity index (χ2n) is 5.19. The molecule has 0 heterocycles. The van der Waals surface area contributed by atoms with E-state index in [-0.39, 0.29) is 5.57 Å². The number of rotatable bonds is 5. The summed E-state index contributed by atoms with van der Waals surface area (Å²) in [5.74, 6) is -0.466. The van der Waals surface area contributed by atoms with Crippen LogP contribution in [0.1, 0.15) is 12.5 Å². The van der Waals surface area contributed by atoms with Gasteiger partial charge in [0, 0.05) is 29.1 Å². The molecule has 0 unspecified atom stereocenters. The molecular formula is C19H18ClN3O. The van der Waals surface area contributed by atoms with Crippen LogP contribution < -0.4 is 10.2 Å². The van der Waals surface area contributed by atoms with Gasteiger partial charge in [-0.3, -0.25) is 4.79 Å². The summed E-state index contributed by atoms with van der Waals surface area (Å²) in [5, 5.41) is 12.6. The van der Waals surface area contributed by atoms with Gasteiger partial charge in [-0.2, -0.15) is 5.26 Å². The maximum atomic E-state index is 12.4. The van der Waals surface area contributed by atoms with E-state index in [0.717, 1.165) is 11.3 Å². The molecule has 2 aromatic rings. The van der Waals surface area contributed by atoms with Crippen molar-refractivity contribution in [1.82, 2.24) is 0 Å². The van der Waals surface area contributed by atoms with Crippen LogP contribution in [-0.2, 0) is 4.79 Å². The fraction of sp³-hybridized carbons (Fsp3) is 0.158. The molecule has 0 radical (unpaired) electrons. The highest BCUT2D eigenvalue weighted by molar-refractivity contribution is 6.31. The maximum Gasteiger partial charge on any atom is 0.267 e. The monoisotopic (exact) mass is 339 g/mol. The minimum Gasteiger partial charge on any atom is -0.347 e. The van der Waals surface area contributed by atoms with Crippen LogP contribution in [0.15, 0.2) is 60.3 Å². The highest BCUT2D eigenvalue weighted by atomic mass is 35.5. The highest BCUT2D eigenvalue weighted by Crippen LogP contribution is 2.21. The van der Waals surface area contributed by atoms with Gasteiger partial charge < -0.3 is 10.2 Å². The molecule has 1 amide bonds. The summed E-state index contributed by atoms with van der Waals surface area (Å²) >= 11 is 6.06. The minimum atomic E-state index is -0.466. The topological polar surface area (TPSA) is 56.1 Å². The van der Waals surface area contributed by atoms with Crippen LogP contribution in [0.4, 0.5) is 11.4 Å². The zero-order valence-electron chi connectivity index (χ0n) is 13.6. The number of hydrogen-bond donors (Lipinski definition) is 1. The van der Waals surface area contributed by atoms with Crippen LogP contribution in [0.3, 0.4) is 0 Å². The van der Waals surface area contributed by atoms with E-state index in [4.69, 9.17) is 11.6 Å². The van der Waals surface area contributed by atoms with Gasteiger partial charge in [0.1, 0.15) is 11.6 Å². The molecule has 1 N–H and O–H groups in total. The first-order valence-electron chi connectivity index (χ1n) is 7.56. The van der Waals surface area contributed by atoms with E-state index in [0.29, 0.717) is 17.3 Å². The zero-order valence-corrected chi connectivity index (χ0v) is 14.3. The highest BCUT2D eigenvalue weighted by Gasteiger charge is 2.12. The lowest BCUT2D eigenvalue weighted by Gasteiger charge is -2.18. The molecule has 4 nitrogen and oxygen atoms in total. The number of nitrogens with zero attached hydrogens (tertiary/aromatic N) is 2. The molecule has 0 aliphatic heterocycles. The van der Waals surface area contributed by atoms with Crippen molar-refractivity contribution in [1.29, 1.82) is 5.26 Å². The summed E-state index contributed by atoms with van der Waals surface area (Å²) in [5.41, 5.74) is 2.42. The number of anilines is 2. The lowest BCUT2D eigenvalue weighted by Crippen LogP contribution is -2.20. The van der Waals surface area contributed by atoms with Gasteiger partial charge in [-0.25, -0.2) is 0 Å². The van der Waals surface area contributed by atoms with Gasteiger partial charge in [-0.15, -0.1) is 0 Å². The van der Waals surface area contributed by atoms with E-state index in [1.54, 1.807) is 18.3 Å². The molecule has 0 atom stereocenters. The Kier molecular flexibility index (Phi) is 6.00. The first-order valence-corrected chi connectivity index (χ1v) is 7.94. The first kappa shape index (κ1) is 17.6. The summed E-state index contributed by atoms with van der Waals surface area (Å²) in [4.78, 5) is 14.2. The van der Waals surface area contributed by atoms with Crippen molar-refractivity contribution in [2.45, 2.75) is 13.8 Å². The Bertz CT molecular complexity index is 794.